The molecule has 0 bridgehead atoms. The molecule has 6 heteroatoms. The molecule has 1 amide bonds. The molecule has 0 heterocycles. The van der Waals surface area contributed by atoms with Crippen molar-refractivity contribution in [1.82, 2.24) is 0 Å². The fourth-order valence-corrected chi connectivity index (χ4v) is 2.01. The van der Waals surface area contributed by atoms with Gasteiger partial charge < -0.3 is 19.5 Å². The third kappa shape index (κ3) is 4.74. The zero-order valence-electron chi connectivity index (χ0n) is 13.6. The average molecular weight is 329 g/mol. The molecule has 0 aliphatic carbocycles. The first kappa shape index (κ1) is 17.3. The number of esters is 1. The zero-order chi connectivity index (χ0) is 17.4. The van der Waals surface area contributed by atoms with Crippen molar-refractivity contribution in [3.8, 4) is 11.5 Å². The van der Waals surface area contributed by atoms with Crippen LogP contribution in [0.5, 0.6) is 11.5 Å². The van der Waals surface area contributed by atoms with Crippen molar-refractivity contribution in [1.29, 1.82) is 0 Å². The number of nitrogens with one attached hydrogen (secondary N) is 1. The van der Waals surface area contributed by atoms with Crippen molar-refractivity contribution in [3.63, 3.8) is 0 Å². The Labute approximate surface area is 140 Å². The molecule has 24 heavy (non-hydrogen) atoms. The van der Waals surface area contributed by atoms with E-state index in [2.05, 4.69) is 5.32 Å². The molecule has 2 rings (SSSR count). The molecule has 1 N–H and O–H groups in total. The number of rotatable bonds is 7. The average Bonchev–Trinajstić information content (AvgIpc) is 2.61. The fraction of sp³-hybridized carbons (Fsp3) is 0.222. The van der Waals surface area contributed by atoms with E-state index in [4.69, 9.17) is 14.2 Å². The van der Waals surface area contributed by atoms with Gasteiger partial charge in [-0.15, -0.1) is 0 Å². The van der Waals surface area contributed by atoms with E-state index < -0.39 is 5.97 Å². The molecule has 0 spiro atoms. The Morgan fingerprint density at radius 3 is 2.54 bits per heavy atom. The van der Waals surface area contributed by atoms with Gasteiger partial charge in [0.1, 0.15) is 11.5 Å². The third-order valence-electron chi connectivity index (χ3n) is 3.11. The number of amides is 1. The van der Waals surface area contributed by atoms with Gasteiger partial charge in [0.15, 0.2) is 6.61 Å². The van der Waals surface area contributed by atoms with Gasteiger partial charge in [-0.3, -0.25) is 4.79 Å². The highest BCUT2D eigenvalue weighted by Gasteiger charge is 2.14. The van der Waals surface area contributed by atoms with Gasteiger partial charge in [-0.1, -0.05) is 18.2 Å². The summed E-state index contributed by atoms with van der Waals surface area (Å²) in [6.45, 7) is 1.80. The van der Waals surface area contributed by atoms with Gasteiger partial charge in [0, 0.05) is 6.07 Å². The Kier molecular flexibility index (Phi) is 6.19. The van der Waals surface area contributed by atoms with Crippen LogP contribution in [0, 0.1) is 0 Å². The molecule has 0 fully saturated rings. The summed E-state index contributed by atoms with van der Waals surface area (Å²) in [5.41, 5.74) is 0.685. The largest absolute Gasteiger partial charge is 0.497 e. The van der Waals surface area contributed by atoms with Gasteiger partial charge in [0.25, 0.3) is 5.91 Å². The minimum Gasteiger partial charge on any atom is -0.497 e. The molecule has 0 radical (unpaired) electrons. The SMILES string of the molecule is CCOC(=O)c1ccccc1NC(=O)COc1cccc(OC)c1. The lowest BCUT2D eigenvalue weighted by Crippen LogP contribution is -2.22. The van der Waals surface area contributed by atoms with Gasteiger partial charge in [0.2, 0.25) is 0 Å². The number of methoxy groups -OCH3 is 1. The molecule has 6 nitrogen and oxygen atoms in total. The van der Waals surface area contributed by atoms with Crippen molar-refractivity contribution in [3.05, 3.63) is 54.1 Å². The molecule has 0 aromatic heterocycles. The molecule has 0 unspecified atom stereocenters. The van der Waals surface area contributed by atoms with Crippen LogP contribution in [-0.2, 0) is 9.53 Å². The van der Waals surface area contributed by atoms with Crippen LogP contribution in [0.25, 0.3) is 0 Å². The Morgan fingerprint density at radius 1 is 1.04 bits per heavy atom. The molecule has 0 aliphatic heterocycles. The van der Waals surface area contributed by atoms with Gasteiger partial charge in [0.05, 0.1) is 25.0 Å². The van der Waals surface area contributed by atoms with Crippen molar-refractivity contribution < 1.29 is 23.8 Å². The van der Waals surface area contributed by atoms with Crippen LogP contribution in [-0.4, -0.2) is 32.2 Å². The van der Waals surface area contributed by atoms with E-state index in [9.17, 15) is 9.59 Å². The predicted octanol–water partition coefficient (Wildman–Crippen LogP) is 2.89. The summed E-state index contributed by atoms with van der Waals surface area (Å²) in [5.74, 6) is 0.292. The summed E-state index contributed by atoms with van der Waals surface area (Å²) in [4.78, 5) is 23.9. The number of hydrogen-bond donors (Lipinski definition) is 1. The molecular formula is C18H19NO5. The minimum atomic E-state index is -0.484. The van der Waals surface area contributed by atoms with E-state index in [-0.39, 0.29) is 19.1 Å². The number of carbonyl (C=O) groups excluding carboxylic acids is 2. The molecule has 0 aliphatic rings. The fourth-order valence-electron chi connectivity index (χ4n) is 2.01. The smallest absolute Gasteiger partial charge is 0.340 e. The van der Waals surface area contributed by atoms with Crippen LogP contribution in [0.2, 0.25) is 0 Å². The van der Waals surface area contributed by atoms with E-state index in [1.165, 1.54) is 0 Å². The van der Waals surface area contributed by atoms with Gasteiger partial charge in [-0.2, -0.15) is 0 Å². The maximum absolute atomic E-state index is 12.1. The molecule has 0 atom stereocenters. The van der Waals surface area contributed by atoms with E-state index >= 15 is 0 Å². The number of para-hydroxylation sites is 1. The van der Waals surface area contributed by atoms with Gasteiger partial charge in [-0.05, 0) is 31.2 Å². The van der Waals surface area contributed by atoms with Crippen LogP contribution in [0.3, 0.4) is 0 Å². The van der Waals surface area contributed by atoms with Crippen LogP contribution in [0.4, 0.5) is 5.69 Å². The lowest BCUT2D eigenvalue weighted by Gasteiger charge is -2.11. The molecule has 0 saturated heterocycles. The standard InChI is InChI=1S/C18H19NO5/c1-3-23-18(21)15-9-4-5-10-16(15)19-17(20)12-24-14-8-6-7-13(11-14)22-2/h4-11H,3,12H2,1-2H3,(H,19,20). The Hall–Kier alpha value is -3.02. The first-order valence-electron chi connectivity index (χ1n) is 7.47. The maximum atomic E-state index is 12.1. The van der Waals surface area contributed by atoms with Crippen LogP contribution in [0.15, 0.2) is 48.5 Å². The number of benzene rings is 2. The number of ether oxygens (including phenoxy) is 3. The summed E-state index contributed by atoms with van der Waals surface area (Å²) in [7, 11) is 1.55. The highest BCUT2D eigenvalue weighted by atomic mass is 16.5. The van der Waals surface area contributed by atoms with E-state index in [0.29, 0.717) is 22.7 Å². The first-order valence-corrected chi connectivity index (χ1v) is 7.47. The summed E-state index contributed by atoms with van der Waals surface area (Å²) in [6, 6.07) is 13.6. The highest BCUT2D eigenvalue weighted by molar-refractivity contribution is 6.01. The van der Waals surface area contributed by atoms with Crippen LogP contribution < -0.4 is 14.8 Å². The van der Waals surface area contributed by atoms with E-state index in [1.54, 1.807) is 62.6 Å². The lowest BCUT2D eigenvalue weighted by molar-refractivity contribution is -0.118. The van der Waals surface area contributed by atoms with Gasteiger partial charge in [-0.25, -0.2) is 4.79 Å². The van der Waals surface area contributed by atoms with Crippen molar-refractivity contribution in [2.75, 3.05) is 25.6 Å². The number of anilines is 1. The summed E-state index contributed by atoms with van der Waals surface area (Å²) in [6.07, 6.45) is 0. The molecule has 2 aromatic rings. The monoisotopic (exact) mass is 329 g/mol. The van der Waals surface area contributed by atoms with E-state index in [0.717, 1.165) is 0 Å². The predicted molar refractivity (Wildman–Crippen MR) is 89.5 cm³/mol. The summed E-state index contributed by atoms with van der Waals surface area (Å²) < 4.78 is 15.5. The topological polar surface area (TPSA) is 73.9 Å². The van der Waals surface area contributed by atoms with Crippen LogP contribution >= 0.6 is 0 Å². The van der Waals surface area contributed by atoms with Crippen molar-refractivity contribution in [2.24, 2.45) is 0 Å². The minimum absolute atomic E-state index is 0.190. The molecule has 2 aromatic carbocycles. The Morgan fingerprint density at radius 2 is 1.79 bits per heavy atom. The van der Waals surface area contributed by atoms with Crippen molar-refractivity contribution in [2.45, 2.75) is 6.92 Å². The van der Waals surface area contributed by atoms with Crippen LogP contribution in [0.1, 0.15) is 17.3 Å². The second-order valence-corrected chi connectivity index (χ2v) is 4.78. The molecule has 126 valence electrons. The molecular weight excluding hydrogens is 310 g/mol. The second kappa shape index (κ2) is 8.57. The third-order valence-corrected chi connectivity index (χ3v) is 3.11. The normalized spacial score (nSPS) is 9.92. The highest BCUT2D eigenvalue weighted by Crippen LogP contribution is 2.19. The summed E-state index contributed by atoms with van der Waals surface area (Å²) in [5, 5.41) is 2.65. The first-order chi connectivity index (χ1) is 11.6. The quantitative estimate of drug-likeness (QED) is 0.791. The number of hydrogen-bond acceptors (Lipinski definition) is 5. The zero-order valence-corrected chi connectivity index (χ0v) is 13.6. The number of carbonyl (C=O) groups is 2. The maximum Gasteiger partial charge on any atom is 0.340 e. The Bertz CT molecular complexity index is 714. The molecule has 0 saturated carbocycles. The second-order valence-electron chi connectivity index (χ2n) is 4.78. The van der Waals surface area contributed by atoms with Crippen molar-refractivity contribution >= 4 is 17.6 Å². The Balaban J connectivity index is 1.98. The lowest BCUT2D eigenvalue weighted by atomic mass is 10.2. The van der Waals surface area contributed by atoms with E-state index in [1.807, 2.05) is 0 Å². The summed E-state index contributed by atoms with van der Waals surface area (Å²) >= 11 is 0. The van der Waals surface area contributed by atoms with Gasteiger partial charge >= 0.3 is 5.97 Å².